The molecule has 3 heterocycles. The van der Waals surface area contributed by atoms with E-state index in [4.69, 9.17) is 16.4 Å². The number of nitrogens with one attached hydrogen (secondary N) is 4. The molecular formula is C37H52ClN5O8S. The van der Waals surface area contributed by atoms with Gasteiger partial charge in [-0.25, -0.2) is 8.42 Å². The third-order valence-electron chi connectivity index (χ3n) is 10.5. The standard InChI is InChI=1S/C37H52ClN5O8S/c1-5-10-27(31(45)34(47)39-26-15-16-52(49,50)21-26)40-33(46)29-20-37(19-28(42-51-37)24-13-9-14-25(38)18-24)22-43(29)35(48)32(36(2,3)4)41-30(44)17-23-11-7-6-8-12-23/h9,13-14,18-19,23,26-27,29,32,42H,5-8,10-12,15-17,20-22H2,1-4H3,(H,39,47)(H,40,46)(H,41,44)/t26?,27-,29-,32+,37+/m0/s1. The number of Topliss-reactive ketones (excluding diaryl/α,β-unsaturated/α-hetero) is 1. The topological polar surface area (TPSA) is 180 Å². The third kappa shape index (κ3) is 9.73. The number of nitrogens with zero attached hydrogens (tertiary/aromatic N) is 1. The molecule has 1 unspecified atom stereocenters. The quantitative estimate of drug-likeness (QED) is 0.233. The molecule has 2 saturated heterocycles. The van der Waals surface area contributed by atoms with E-state index < -0.39 is 68.5 Å². The summed E-state index contributed by atoms with van der Waals surface area (Å²) in [5.74, 6) is -3.26. The molecule has 4 N–H and O–H groups in total. The number of ketones is 1. The lowest BCUT2D eigenvalue weighted by atomic mass is 9.84. The highest BCUT2D eigenvalue weighted by Gasteiger charge is 2.54. The maximum atomic E-state index is 14.6. The second kappa shape index (κ2) is 16.3. The minimum atomic E-state index is -3.30. The van der Waals surface area contributed by atoms with Crippen molar-refractivity contribution < 1.29 is 37.2 Å². The average molecular weight is 762 g/mol. The van der Waals surface area contributed by atoms with Crippen molar-refractivity contribution in [1.82, 2.24) is 26.3 Å². The van der Waals surface area contributed by atoms with Crippen molar-refractivity contribution in [2.45, 2.75) is 122 Å². The molecule has 1 aromatic carbocycles. The Morgan fingerprint density at radius 1 is 1.08 bits per heavy atom. The summed E-state index contributed by atoms with van der Waals surface area (Å²) >= 11 is 6.25. The SMILES string of the molecule is CCC[C@H](NC(=O)[C@@H]1C[C@]2(C=C(c3cccc(Cl)c3)NO2)CN1C(=O)[C@@H](NC(=O)CC1CCCCC1)C(C)(C)C)C(=O)C(=O)NC1CCS(=O)(=O)C1. The number of carbonyl (C=O) groups excluding carboxylic acids is 5. The van der Waals surface area contributed by atoms with Crippen LogP contribution in [0.1, 0.15) is 97.5 Å². The van der Waals surface area contributed by atoms with E-state index in [9.17, 15) is 32.4 Å². The van der Waals surface area contributed by atoms with Gasteiger partial charge in [-0.2, -0.15) is 0 Å². The number of hydrogen-bond donors (Lipinski definition) is 4. The van der Waals surface area contributed by atoms with Crippen molar-refractivity contribution in [3.63, 3.8) is 0 Å². The van der Waals surface area contributed by atoms with Gasteiger partial charge in [0.25, 0.3) is 5.91 Å². The van der Waals surface area contributed by atoms with Gasteiger partial charge >= 0.3 is 0 Å². The molecule has 5 rings (SSSR count). The molecular weight excluding hydrogens is 710 g/mol. The number of amides is 4. The van der Waals surface area contributed by atoms with Crippen LogP contribution in [0.5, 0.6) is 0 Å². The summed E-state index contributed by atoms with van der Waals surface area (Å²) in [5, 5.41) is 8.76. The number of sulfone groups is 1. The van der Waals surface area contributed by atoms with Crippen LogP contribution in [0.4, 0.5) is 0 Å². The molecule has 15 heteroatoms. The molecule has 0 radical (unpaired) electrons. The lowest BCUT2D eigenvalue weighted by molar-refractivity contribution is -0.145. The lowest BCUT2D eigenvalue weighted by Crippen LogP contribution is -2.59. The van der Waals surface area contributed by atoms with Gasteiger partial charge in [0, 0.05) is 29.5 Å². The van der Waals surface area contributed by atoms with Crippen molar-refractivity contribution in [2.75, 3.05) is 18.1 Å². The second-order valence-corrected chi connectivity index (χ2v) is 18.6. The Bertz CT molecular complexity index is 1690. The Labute approximate surface area is 311 Å². The van der Waals surface area contributed by atoms with Gasteiger partial charge < -0.3 is 20.9 Å². The molecule has 4 amide bonds. The highest BCUT2D eigenvalue weighted by molar-refractivity contribution is 7.91. The monoisotopic (exact) mass is 761 g/mol. The normalized spacial score (nSPS) is 25.6. The van der Waals surface area contributed by atoms with E-state index >= 15 is 0 Å². The molecule has 0 aromatic heterocycles. The first kappa shape index (κ1) is 39.7. The molecule has 1 aliphatic carbocycles. The fourth-order valence-electron chi connectivity index (χ4n) is 7.66. The van der Waals surface area contributed by atoms with Crippen LogP contribution in [0.25, 0.3) is 5.70 Å². The van der Waals surface area contributed by atoms with Gasteiger partial charge in [0.15, 0.2) is 9.84 Å². The van der Waals surface area contributed by atoms with Gasteiger partial charge in [-0.15, -0.1) is 0 Å². The predicted octanol–water partition coefficient (Wildman–Crippen LogP) is 3.21. The molecule has 0 bridgehead atoms. The summed E-state index contributed by atoms with van der Waals surface area (Å²) < 4.78 is 23.8. The van der Waals surface area contributed by atoms with Gasteiger partial charge in [0.2, 0.25) is 23.5 Å². The van der Waals surface area contributed by atoms with E-state index in [1.807, 2.05) is 32.9 Å². The maximum Gasteiger partial charge on any atom is 0.289 e. The van der Waals surface area contributed by atoms with Crippen LogP contribution in [0.2, 0.25) is 5.02 Å². The van der Waals surface area contributed by atoms with E-state index in [1.165, 1.54) is 4.90 Å². The fraction of sp³-hybridized carbons (Fsp3) is 0.649. The molecule has 1 aromatic rings. The summed E-state index contributed by atoms with van der Waals surface area (Å²) in [4.78, 5) is 76.1. The molecule has 52 heavy (non-hydrogen) atoms. The summed E-state index contributed by atoms with van der Waals surface area (Å²) in [7, 11) is -3.30. The third-order valence-corrected chi connectivity index (χ3v) is 12.5. The molecule has 5 atom stereocenters. The Morgan fingerprint density at radius 2 is 1.81 bits per heavy atom. The minimum absolute atomic E-state index is 0.0215. The smallest absolute Gasteiger partial charge is 0.289 e. The molecule has 1 spiro atoms. The van der Waals surface area contributed by atoms with E-state index in [2.05, 4.69) is 21.4 Å². The summed E-state index contributed by atoms with van der Waals surface area (Å²) in [5.41, 5.74) is 2.42. The Morgan fingerprint density at radius 3 is 2.44 bits per heavy atom. The van der Waals surface area contributed by atoms with E-state index in [1.54, 1.807) is 25.1 Å². The number of rotatable bonds is 12. The van der Waals surface area contributed by atoms with Crippen LogP contribution >= 0.6 is 11.6 Å². The zero-order chi connectivity index (χ0) is 37.8. The molecule has 286 valence electrons. The van der Waals surface area contributed by atoms with Crippen LogP contribution < -0.4 is 21.4 Å². The van der Waals surface area contributed by atoms with Crippen molar-refractivity contribution >= 4 is 56.5 Å². The fourth-order valence-corrected chi connectivity index (χ4v) is 9.52. The van der Waals surface area contributed by atoms with Gasteiger partial charge in [0.05, 0.1) is 29.8 Å². The van der Waals surface area contributed by atoms with E-state index in [0.29, 0.717) is 23.6 Å². The van der Waals surface area contributed by atoms with Crippen LogP contribution in [0.3, 0.4) is 0 Å². The second-order valence-electron chi connectivity index (χ2n) is 15.9. The highest BCUT2D eigenvalue weighted by Crippen LogP contribution is 2.39. The van der Waals surface area contributed by atoms with Gasteiger partial charge in [-0.3, -0.25) is 34.3 Å². The molecule has 1 saturated carbocycles. The van der Waals surface area contributed by atoms with Gasteiger partial charge in [0.1, 0.15) is 17.7 Å². The minimum Gasteiger partial charge on any atom is -0.346 e. The van der Waals surface area contributed by atoms with Crippen molar-refractivity contribution in [1.29, 1.82) is 0 Å². The average Bonchev–Trinajstić information content (AvgIpc) is 3.78. The van der Waals surface area contributed by atoms with E-state index in [0.717, 1.165) is 37.7 Å². The number of benzene rings is 1. The zero-order valence-corrected chi connectivity index (χ0v) is 32.0. The molecule has 3 aliphatic heterocycles. The van der Waals surface area contributed by atoms with Gasteiger partial charge in [-0.05, 0) is 55.2 Å². The van der Waals surface area contributed by atoms with Crippen LogP contribution in [-0.2, 0) is 38.6 Å². The number of hydroxylamine groups is 1. The summed E-state index contributed by atoms with van der Waals surface area (Å²) in [6, 6.07) is 3.15. The Hall–Kier alpha value is -3.49. The first-order valence-electron chi connectivity index (χ1n) is 18.4. The zero-order valence-electron chi connectivity index (χ0n) is 30.5. The molecule has 13 nitrogen and oxygen atoms in total. The van der Waals surface area contributed by atoms with Crippen molar-refractivity contribution in [2.24, 2.45) is 11.3 Å². The number of halogens is 1. The van der Waals surface area contributed by atoms with Gasteiger partial charge in [-0.1, -0.05) is 77.1 Å². The van der Waals surface area contributed by atoms with Crippen LogP contribution in [0.15, 0.2) is 30.3 Å². The Balaban J connectivity index is 1.39. The number of likely N-dealkylation sites (tertiary alicyclic amines) is 1. The Kier molecular flexibility index (Phi) is 12.4. The van der Waals surface area contributed by atoms with Crippen molar-refractivity contribution in [3.8, 4) is 0 Å². The first-order chi connectivity index (χ1) is 24.5. The summed E-state index contributed by atoms with van der Waals surface area (Å²) in [6.07, 6.45) is 8.23. The predicted molar refractivity (Wildman–Crippen MR) is 196 cm³/mol. The first-order valence-corrected chi connectivity index (χ1v) is 20.6. The molecule has 4 aliphatic rings. The highest BCUT2D eigenvalue weighted by atomic mass is 35.5. The largest absolute Gasteiger partial charge is 0.346 e. The van der Waals surface area contributed by atoms with E-state index in [-0.39, 0.29) is 49.1 Å². The number of carbonyl (C=O) groups is 5. The van der Waals surface area contributed by atoms with Crippen LogP contribution in [-0.4, -0.2) is 90.5 Å². The molecule has 3 fully saturated rings. The summed E-state index contributed by atoms with van der Waals surface area (Å²) in [6.45, 7) is 7.33. The lowest BCUT2D eigenvalue weighted by Gasteiger charge is -2.36. The maximum absolute atomic E-state index is 14.6. The number of hydrogen-bond acceptors (Lipinski definition) is 9. The van der Waals surface area contributed by atoms with Crippen LogP contribution in [0, 0.1) is 11.3 Å². The van der Waals surface area contributed by atoms with Crippen molar-refractivity contribution in [3.05, 3.63) is 40.9 Å².